The zero-order valence-electron chi connectivity index (χ0n) is 24.5. The minimum Gasteiger partial charge on any atom is -0.339 e. The first-order chi connectivity index (χ1) is 21.0. The van der Waals surface area contributed by atoms with E-state index in [1.807, 2.05) is 82.6 Å². The van der Waals surface area contributed by atoms with Gasteiger partial charge in [-0.1, -0.05) is 72.8 Å². The molecule has 6 rings (SSSR count). The molecular weight excluding hydrogens is 536 g/mol. The fourth-order valence-corrected chi connectivity index (χ4v) is 6.10. The van der Waals surface area contributed by atoms with Crippen molar-refractivity contribution in [2.24, 2.45) is 0 Å². The van der Waals surface area contributed by atoms with Crippen molar-refractivity contribution in [3.05, 3.63) is 114 Å². The number of piperidine rings is 1. The molecule has 2 aliphatic rings. The molecule has 218 valence electrons. The summed E-state index contributed by atoms with van der Waals surface area (Å²) >= 11 is 0. The van der Waals surface area contributed by atoms with Gasteiger partial charge >= 0.3 is 0 Å². The highest BCUT2D eigenvalue weighted by Crippen LogP contribution is 2.26. The molecule has 43 heavy (non-hydrogen) atoms. The number of amides is 2. The Morgan fingerprint density at radius 1 is 0.581 bits per heavy atom. The van der Waals surface area contributed by atoms with Crippen molar-refractivity contribution in [1.29, 1.82) is 0 Å². The van der Waals surface area contributed by atoms with Gasteiger partial charge in [0.1, 0.15) is 0 Å². The monoisotopic (exact) mass is 572 g/mol. The van der Waals surface area contributed by atoms with E-state index in [0.717, 1.165) is 48.4 Å². The maximum atomic E-state index is 13.8. The van der Waals surface area contributed by atoms with Gasteiger partial charge < -0.3 is 9.80 Å². The maximum Gasteiger partial charge on any atom is 0.254 e. The number of carbonyl (C=O) groups excluding carboxylic acids is 3. The molecular formula is C36H36N4O3. The number of carbonyl (C=O) groups is 3. The van der Waals surface area contributed by atoms with Crippen molar-refractivity contribution in [3.8, 4) is 22.5 Å². The van der Waals surface area contributed by atoms with Crippen molar-refractivity contribution >= 4 is 17.6 Å². The molecule has 2 amide bonds. The van der Waals surface area contributed by atoms with Crippen molar-refractivity contribution in [2.75, 3.05) is 39.3 Å². The summed E-state index contributed by atoms with van der Waals surface area (Å²) in [5, 5.41) is 0. The second-order valence-corrected chi connectivity index (χ2v) is 11.3. The van der Waals surface area contributed by atoms with Crippen molar-refractivity contribution < 1.29 is 14.4 Å². The van der Waals surface area contributed by atoms with Gasteiger partial charge in [-0.15, -0.1) is 0 Å². The Balaban J connectivity index is 1.08. The molecule has 7 heteroatoms. The third kappa shape index (κ3) is 6.42. The van der Waals surface area contributed by atoms with Gasteiger partial charge in [-0.3, -0.25) is 19.3 Å². The maximum absolute atomic E-state index is 13.8. The average Bonchev–Trinajstić information content (AvgIpc) is 3.08. The number of hydrogen-bond acceptors (Lipinski definition) is 5. The number of benzene rings is 3. The van der Waals surface area contributed by atoms with Gasteiger partial charge in [0.05, 0.1) is 11.4 Å². The fourth-order valence-electron chi connectivity index (χ4n) is 6.10. The first kappa shape index (κ1) is 28.5. The van der Waals surface area contributed by atoms with E-state index in [2.05, 4.69) is 4.90 Å². The Bertz CT molecular complexity index is 1530. The molecule has 7 nitrogen and oxygen atoms in total. The zero-order chi connectivity index (χ0) is 29.8. The van der Waals surface area contributed by atoms with E-state index >= 15 is 0 Å². The quantitative estimate of drug-likeness (QED) is 0.278. The van der Waals surface area contributed by atoms with Crippen LogP contribution in [0.5, 0.6) is 0 Å². The molecule has 0 aliphatic carbocycles. The second kappa shape index (κ2) is 12.7. The molecule has 4 aromatic rings. The smallest absolute Gasteiger partial charge is 0.254 e. The zero-order valence-corrected chi connectivity index (χ0v) is 24.5. The molecule has 0 atom stereocenters. The van der Waals surface area contributed by atoms with E-state index in [1.165, 1.54) is 6.92 Å². The van der Waals surface area contributed by atoms with Gasteiger partial charge in [-0.05, 0) is 44.0 Å². The van der Waals surface area contributed by atoms with E-state index in [9.17, 15) is 14.4 Å². The molecule has 0 saturated carbocycles. The highest BCUT2D eigenvalue weighted by atomic mass is 16.2. The van der Waals surface area contributed by atoms with Crippen LogP contribution in [0, 0.1) is 0 Å². The number of Topliss-reactive ketones (excluding diaryl/α,β-unsaturated/α-hetero) is 1. The first-order valence-electron chi connectivity index (χ1n) is 15.0. The summed E-state index contributed by atoms with van der Waals surface area (Å²) in [6.07, 6.45) is 1.83. The number of hydrogen-bond donors (Lipinski definition) is 0. The summed E-state index contributed by atoms with van der Waals surface area (Å²) in [4.78, 5) is 49.6. The van der Waals surface area contributed by atoms with Gasteiger partial charge in [-0.2, -0.15) is 0 Å². The lowest BCUT2D eigenvalue weighted by atomic mass is 10.0. The lowest BCUT2D eigenvalue weighted by molar-refractivity contribution is 0.0412. The summed E-state index contributed by atoms with van der Waals surface area (Å²) < 4.78 is 0. The second-order valence-electron chi connectivity index (χ2n) is 11.3. The Kier molecular flexibility index (Phi) is 8.43. The van der Waals surface area contributed by atoms with Crippen molar-refractivity contribution in [2.45, 2.75) is 25.8 Å². The Morgan fingerprint density at radius 2 is 1.05 bits per heavy atom. The summed E-state index contributed by atoms with van der Waals surface area (Å²) in [7, 11) is 0. The number of rotatable bonds is 6. The normalized spacial score (nSPS) is 16.2. The predicted octanol–water partition coefficient (Wildman–Crippen LogP) is 5.68. The van der Waals surface area contributed by atoms with Gasteiger partial charge in [-0.25, -0.2) is 4.98 Å². The summed E-state index contributed by atoms with van der Waals surface area (Å²) in [5.41, 5.74) is 5.45. The van der Waals surface area contributed by atoms with Gasteiger partial charge in [0.15, 0.2) is 5.78 Å². The molecule has 2 aliphatic heterocycles. The topological polar surface area (TPSA) is 73.8 Å². The number of piperazine rings is 1. The van der Waals surface area contributed by atoms with E-state index in [0.29, 0.717) is 48.9 Å². The summed E-state index contributed by atoms with van der Waals surface area (Å²) in [6, 6.07) is 31.2. The molecule has 0 unspecified atom stereocenters. The highest BCUT2D eigenvalue weighted by Gasteiger charge is 2.31. The van der Waals surface area contributed by atoms with E-state index < -0.39 is 0 Å². The van der Waals surface area contributed by atoms with Crippen LogP contribution in [0.25, 0.3) is 22.5 Å². The molecule has 3 aromatic carbocycles. The van der Waals surface area contributed by atoms with E-state index in [-0.39, 0.29) is 17.6 Å². The van der Waals surface area contributed by atoms with Crippen molar-refractivity contribution in [1.82, 2.24) is 19.7 Å². The van der Waals surface area contributed by atoms with Crippen LogP contribution >= 0.6 is 0 Å². The van der Waals surface area contributed by atoms with Crippen LogP contribution in [0.4, 0.5) is 0 Å². The molecule has 2 fully saturated rings. The molecule has 0 N–H and O–H groups in total. The van der Waals surface area contributed by atoms with Crippen LogP contribution in [0.1, 0.15) is 50.8 Å². The fraction of sp³-hybridized carbons (Fsp3) is 0.278. The van der Waals surface area contributed by atoms with Crippen LogP contribution in [0.15, 0.2) is 97.1 Å². The van der Waals surface area contributed by atoms with Crippen LogP contribution in [0.3, 0.4) is 0 Å². The molecule has 1 aromatic heterocycles. The largest absolute Gasteiger partial charge is 0.339 e. The first-order valence-corrected chi connectivity index (χ1v) is 15.0. The minimum absolute atomic E-state index is 0.00347. The Labute approximate surface area is 252 Å². The van der Waals surface area contributed by atoms with Crippen molar-refractivity contribution in [3.63, 3.8) is 0 Å². The Morgan fingerprint density at radius 3 is 1.56 bits per heavy atom. The van der Waals surface area contributed by atoms with Crippen LogP contribution in [0.2, 0.25) is 0 Å². The average molecular weight is 573 g/mol. The van der Waals surface area contributed by atoms with E-state index in [1.54, 1.807) is 24.3 Å². The molecule has 0 bridgehead atoms. The standard InChI is InChI=1S/C36H36N4O3/c1-26(41)27-12-14-30(15-13-27)35(42)39-18-16-32(17-19-39)38-20-22-40(23-21-38)36(43)31-24-33(28-8-4-2-5-9-28)37-34(25-31)29-10-6-3-7-11-29/h2-15,24-25,32H,16-23H2,1H3. The SMILES string of the molecule is CC(=O)c1ccc(C(=O)N2CCC(N3CCN(C(=O)c4cc(-c5ccccc5)nc(-c5ccccc5)c4)CC3)CC2)cc1. The minimum atomic E-state index is -0.00347. The van der Waals surface area contributed by atoms with Gasteiger partial charge in [0.2, 0.25) is 0 Å². The number of aromatic nitrogens is 1. The summed E-state index contributed by atoms with van der Waals surface area (Å²) in [6.45, 7) is 5.92. The van der Waals surface area contributed by atoms with Crippen LogP contribution in [-0.4, -0.2) is 82.6 Å². The predicted molar refractivity (Wildman–Crippen MR) is 168 cm³/mol. The third-order valence-corrected chi connectivity index (χ3v) is 8.62. The highest BCUT2D eigenvalue weighted by molar-refractivity contribution is 5.98. The molecule has 3 heterocycles. The number of pyridine rings is 1. The number of nitrogens with zero attached hydrogens (tertiary/aromatic N) is 4. The van der Waals surface area contributed by atoms with Crippen LogP contribution < -0.4 is 0 Å². The molecule has 0 spiro atoms. The molecule has 2 saturated heterocycles. The third-order valence-electron chi connectivity index (χ3n) is 8.62. The van der Waals surface area contributed by atoms with Gasteiger partial charge in [0, 0.05) is 73.1 Å². The summed E-state index contributed by atoms with van der Waals surface area (Å²) in [5.74, 6) is 0.0509. The van der Waals surface area contributed by atoms with E-state index in [4.69, 9.17) is 4.98 Å². The van der Waals surface area contributed by atoms with Crippen LogP contribution in [-0.2, 0) is 0 Å². The lowest BCUT2D eigenvalue weighted by Gasteiger charge is -2.42. The number of ketones is 1. The molecule has 0 radical (unpaired) electrons. The van der Waals surface area contributed by atoms with Gasteiger partial charge in [0.25, 0.3) is 11.8 Å². The number of likely N-dealkylation sites (tertiary alicyclic amines) is 1. The lowest BCUT2D eigenvalue weighted by Crippen LogP contribution is -2.54. The Hall–Kier alpha value is -4.62.